The Morgan fingerprint density at radius 2 is 1.86 bits per heavy atom. The summed E-state index contributed by atoms with van der Waals surface area (Å²) < 4.78 is 6.04. The van der Waals surface area contributed by atoms with Gasteiger partial charge in [-0.05, 0) is 55.7 Å². The van der Waals surface area contributed by atoms with Crippen LogP contribution in [0.5, 0.6) is 5.75 Å². The molecule has 1 aromatic heterocycles. The van der Waals surface area contributed by atoms with Gasteiger partial charge in [0, 0.05) is 24.4 Å². The van der Waals surface area contributed by atoms with Crippen LogP contribution in [-0.2, 0) is 17.9 Å². The first-order valence-corrected chi connectivity index (χ1v) is 13.3. The van der Waals surface area contributed by atoms with Crippen molar-refractivity contribution in [3.8, 4) is 5.75 Å². The minimum absolute atomic E-state index is 0.0918. The molecule has 0 bridgehead atoms. The van der Waals surface area contributed by atoms with E-state index in [0.29, 0.717) is 13.2 Å². The Morgan fingerprint density at radius 3 is 2.67 bits per heavy atom. The first kappa shape index (κ1) is 24.4. The fourth-order valence-corrected chi connectivity index (χ4v) is 5.81. The minimum atomic E-state index is -0.178. The van der Waals surface area contributed by atoms with E-state index in [1.54, 1.807) is 11.8 Å². The quantitative estimate of drug-likeness (QED) is 0.322. The zero-order valence-corrected chi connectivity index (χ0v) is 21.5. The molecule has 0 radical (unpaired) electrons. The van der Waals surface area contributed by atoms with E-state index >= 15 is 0 Å². The lowest BCUT2D eigenvalue weighted by Crippen LogP contribution is -2.45. The van der Waals surface area contributed by atoms with Gasteiger partial charge in [0.2, 0.25) is 5.91 Å². The monoisotopic (exact) mass is 500 g/mol. The summed E-state index contributed by atoms with van der Waals surface area (Å²) in [5.41, 5.74) is 4.28. The summed E-state index contributed by atoms with van der Waals surface area (Å²) in [6.07, 6.45) is 0.782. The smallest absolute Gasteiger partial charge is 0.237 e. The first-order chi connectivity index (χ1) is 17.5. The van der Waals surface area contributed by atoms with E-state index in [4.69, 9.17) is 9.72 Å². The summed E-state index contributed by atoms with van der Waals surface area (Å²) in [7, 11) is 0. The highest BCUT2D eigenvalue weighted by Gasteiger charge is 2.37. The Hall–Kier alpha value is -3.29. The van der Waals surface area contributed by atoms with Gasteiger partial charge in [0.05, 0.1) is 17.1 Å². The number of nitrogens with zero attached hydrogens (tertiary/aromatic N) is 2. The molecule has 1 saturated heterocycles. The van der Waals surface area contributed by atoms with Crippen molar-refractivity contribution in [2.45, 2.75) is 55.9 Å². The zero-order chi connectivity index (χ0) is 24.9. The number of nitrogens with one attached hydrogen (secondary N) is 2. The van der Waals surface area contributed by atoms with E-state index in [1.807, 2.05) is 68.4 Å². The van der Waals surface area contributed by atoms with Crippen molar-refractivity contribution in [3.05, 3.63) is 90.0 Å². The third-order valence-corrected chi connectivity index (χ3v) is 7.37. The van der Waals surface area contributed by atoms with Crippen LogP contribution >= 0.6 is 11.8 Å². The number of H-pyrrole nitrogens is 1. The number of aromatic amines is 1. The van der Waals surface area contributed by atoms with Crippen LogP contribution in [0.3, 0.4) is 0 Å². The first-order valence-electron chi connectivity index (χ1n) is 12.4. The topological polar surface area (TPSA) is 70.2 Å². The number of likely N-dealkylation sites (tertiary alicyclic amines) is 1. The number of carbonyl (C=O) groups excluding carboxylic acids is 1. The Kier molecular flexibility index (Phi) is 7.58. The van der Waals surface area contributed by atoms with E-state index in [9.17, 15) is 4.79 Å². The van der Waals surface area contributed by atoms with Crippen molar-refractivity contribution in [3.63, 3.8) is 0 Å². The van der Waals surface area contributed by atoms with E-state index in [0.717, 1.165) is 46.0 Å². The molecule has 1 aliphatic heterocycles. The number of fused-ring (bicyclic) bond motifs is 1. The second kappa shape index (κ2) is 11.2. The minimum Gasteiger partial charge on any atom is -0.489 e. The fraction of sp³-hybridized carbons (Fsp3) is 0.310. The Bertz CT molecular complexity index is 1270. The van der Waals surface area contributed by atoms with Gasteiger partial charge >= 0.3 is 0 Å². The van der Waals surface area contributed by atoms with Gasteiger partial charge in [-0.2, -0.15) is 0 Å². The Morgan fingerprint density at radius 1 is 1.08 bits per heavy atom. The van der Waals surface area contributed by atoms with Crippen molar-refractivity contribution < 1.29 is 9.53 Å². The van der Waals surface area contributed by atoms with Crippen LogP contribution < -0.4 is 10.1 Å². The molecule has 0 saturated carbocycles. The number of ether oxygens (including phenoxy) is 1. The summed E-state index contributed by atoms with van der Waals surface area (Å²) in [4.78, 5) is 23.5. The third-order valence-electron chi connectivity index (χ3n) is 6.28. The molecule has 186 valence electrons. The maximum Gasteiger partial charge on any atom is 0.237 e. The van der Waals surface area contributed by atoms with Gasteiger partial charge in [0.25, 0.3) is 0 Å². The molecular weight excluding hydrogens is 468 g/mol. The van der Waals surface area contributed by atoms with Crippen molar-refractivity contribution in [2.75, 3.05) is 6.54 Å². The number of aromatic nitrogens is 2. The second-order valence-corrected chi connectivity index (χ2v) is 10.9. The molecule has 0 aliphatic carbocycles. The van der Waals surface area contributed by atoms with Crippen LogP contribution in [0.2, 0.25) is 0 Å². The van der Waals surface area contributed by atoms with Crippen LogP contribution in [0.15, 0.2) is 84.0 Å². The van der Waals surface area contributed by atoms with Crippen LogP contribution in [0, 0.1) is 0 Å². The van der Waals surface area contributed by atoms with Crippen molar-refractivity contribution in [1.82, 2.24) is 20.2 Å². The Balaban J connectivity index is 1.28. The maximum atomic E-state index is 13.1. The lowest BCUT2D eigenvalue weighted by atomic mass is 10.1. The average Bonchev–Trinajstić information content (AvgIpc) is 3.46. The number of amides is 1. The van der Waals surface area contributed by atoms with Gasteiger partial charge in [-0.3, -0.25) is 9.69 Å². The summed E-state index contributed by atoms with van der Waals surface area (Å²) in [5, 5.41) is 4.29. The zero-order valence-electron chi connectivity index (χ0n) is 20.7. The molecule has 3 aromatic carbocycles. The van der Waals surface area contributed by atoms with Crippen molar-refractivity contribution >= 4 is 28.7 Å². The number of para-hydroxylation sites is 2. The number of imidazole rings is 1. The summed E-state index contributed by atoms with van der Waals surface area (Å²) in [6, 6.07) is 26.4. The van der Waals surface area contributed by atoms with E-state index in [-0.39, 0.29) is 23.2 Å². The van der Waals surface area contributed by atoms with Gasteiger partial charge in [-0.1, -0.05) is 66.4 Å². The van der Waals surface area contributed by atoms with E-state index in [1.165, 1.54) is 0 Å². The van der Waals surface area contributed by atoms with Crippen LogP contribution in [0.4, 0.5) is 0 Å². The van der Waals surface area contributed by atoms with Crippen molar-refractivity contribution in [1.29, 1.82) is 0 Å². The number of rotatable bonds is 9. The normalized spacial score (nSPS) is 18.1. The molecule has 2 heterocycles. The fourth-order valence-electron chi connectivity index (χ4n) is 4.63. The third kappa shape index (κ3) is 6.09. The van der Waals surface area contributed by atoms with E-state index < -0.39 is 0 Å². The largest absolute Gasteiger partial charge is 0.489 e. The molecule has 2 atom stereocenters. The van der Waals surface area contributed by atoms with Crippen molar-refractivity contribution in [2.24, 2.45) is 0 Å². The molecule has 1 aliphatic rings. The lowest BCUT2D eigenvalue weighted by molar-refractivity contribution is -0.126. The maximum absolute atomic E-state index is 13.1. The molecule has 36 heavy (non-hydrogen) atoms. The van der Waals surface area contributed by atoms with Gasteiger partial charge in [-0.15, -0.1) is 0 Å². The molecule has 0 spiro atoms. The van der Waals surface area contributed by atoms with Gasteiger partial charge in [0.1, 0.15) is 12.4 Å². The van der Waals surface area contributed by atoms with Crippen LogP contribution in [0.1, 0.15) is 31.4 Å². The summed E-state index contributed by atoms with van der Waals surface area (Å²) in [6.45, 7) is 6.04. The molecule has 5 rings (SSSR count). The number of benzene rings is 3. The predicted molar refractivity (Wildman–Crippen MR) is 145 cm³/mol. The highest BCUT2D eigenvalue weighted by Crippen LogP contribution is 2.34. The van der Waals surface area contributed by atoms with E-state index in [2.05, 4.69) is 39.5 Å². The molecular formula is C29H32N4O2S. The number of carbonyl (C=O) groups is 1. The summed E-state index contributed by atoms with van der Waals surface area (Å²) in [5.74, 6) is 0.932. The summed E-state index contributed by atoms with van der Waals surface area (Å²) >= 11 is 1.73. The second-order valence-electron chi connectivity index (χ2n) is 9.56. The molecule has 1 fully saturated rings. The molecule has 7 heteroatoms. The molecule has 6 nitrogen and oxygen atoms in total. The lowest BCUT2D eigenvalue weighted by Gasteiger charge is -2.24. The molecule has 1 amide bonds. The van der Waals surface area contributed by atoms with Gasteiger partial charge < -0.3 is 15.0 Å². The highest BCUT2D eigenvalue weighted by atomic mass is 32.2. The standard InChI is InChI=1S/C29H32N4O2S/c1-20(2)30-28(34)27-16-24(36-29-31-25-13-6-7-14-26(25)32-29)18-33(27)17-22-11-8-12-23(15-22)35-19-21-9-4-3-5-10-21/h3-15,20,24,27H,16-19H2,1-2H3,(H,30,34)(H,31,32)/t24-,27-/m0/s1. The average molecular weight is 501 g/mol. The molecule has 4 aromatic rings. The number of hydrogen-bond acceptors (Lipinski definition) is 5. The van der Waals surface area contributed by atoms with Gasteiger partial charge in [0.15, 0.2) is 5.16 Å². The molecule has 0 unspecified atom stereocenters. The SMILES string of the molecule is CC(C)NC(=O)[C@@H]1C[C@H](Sc2nc3ccccc3[nH]2)CN1Cc1cccc(OCc2ccccc2)c1. The number of hydrogen-bond donors (Lipinski definition) is 2. The van der Waals surface area contributed by atoms with Crippen LogP contribution in [-0.4, -0.2) is 44.7 Å². The van der Waals surface area contributed by atoms with Gasteiger partial charge in [-0.25, -0.2) is 4.98 Å². The molecule has 2 N–H and O–H groups in total. The van der Waals surface area contributed by atoms with Crippen LogP contribution in [0.25, 0.3) is 11.0 Å². The highest BCUT2D eigenvalue weighted by molar-refractivity contribution is 7.99. The number of thioether (sulfide) groups is 1. The Labute approximate surface area is 216 Å². The predicted octanol–water partition coefficient (Wildman–Crippen LogP) is 5.40.